The van der Waals surface area contributed by atoms with E-state index in [0.29, 0.717) is 18.9 Å². The summed E-state index contributed by atoms with van der Waals surface area (Å²) in [5.41, 5.74) is 1.06. The molecule has 2 aromatic rings. The molecule has 0 aliphatic carbocycles. The van der Waals surface area contributed by atoms with E-state index >= 15 is 0 Å². The summed E-state index contributed by atoms with van der Waals surface area (Å²) in [4.78, 5) is 1.40. The van der Waals surface area contributed by atoms with E-state index in [4.69, 9.17) is 4.74 Å². The van der Waals surface area contributed by atoms with Crippen LogP contribution < -0.4 is 4.74 Å². The lowest BCUT2D eigenvalue weighted by atomic mass is 9.87. The maximum atomic E-state index is 10.4. The van der Waals surface area contributed by atoms with Gasteiger partial charge in [-0.3, -0.25) is 0 Å². The molecule has 0 saturated heterocycles. The van der Waals surface area contributed by atoms with Crippen LogP contribution >= 0.6 is 0 Å². The number of aromatic nitrogens is 4. The molecule has 0 radical (unpaired) electrons. The van der Waals surface area contributed by atoms with Crippen LogP contribution in [0.5, 0.6) is 5.75 Å². The Morgan fingerprint density at radius 2 is 2.32 bits per heavy atom. The van der Waals surface area contributed by atoms with E-state index in [1.807, 2.05) is 24.3 Å². The number of benzene rings is 1. The second kappa shape index (κ2) is 4.97. The van der Waals surface area contributed by atoms with Crippen LogP contribution in [0.4, 0.5) is 0 Å². The SMILES string of the molecule is Cn1nnc(CC(O)C2CCOc3ccccc32)n1. The summed E-state index contributed by atoms with van der Waals surface area (Å²) in [6.07, 6.45) is 0.694. The second-order valence-electron chi connectivity index (χ2n) is 4.75. The van der Waals surface area contributed by atoms with Gasteiger partial charge in [0.05, 0.1) is 19.8 Å². The van der Waals surface area contributed by atoms with Crippen LogP contribution in [0.25, 0.3) is 0 Å². The zero-order chi connectivity index (χ0) is 13.2. The molecule has 0 saturated carbocycles. The Morgan fingerprint density at radius 1 is 1.47 bits per heavy atom. The zero-order valence-corrected chi connectivity index (χ0v) is 10.7. The number of hydrogen-bond donors (Lipinski definition) is 1. The second-order valence-corrected chi connectivity index (χ2v) is 4.75. The summed E-state index contributed by atoms with van der Waals surface area (Å²) in [5.74, 6) is 1.50. The minimum absolute atomic E-state index is 0.0637. The molecule has 3 rings (SSSR count). The van der Waals surface area contributed by atoms with Crippen molar-refractivity contribution in [2.45, 2.75) is 24.9 Å². The van der Waals surface area contributed by atoms with Crippen molar-refractivity contribution in [1.29, 1.82) is 0 Å². The number of rotatable bonds is 3. The van der Waals surface area contributed by atoms with E-state index in [0.717, 1.165) is 17.7 Å². The number of nitrogens with zero attached hydrogens (tertiary/aromatic N) is 4. The largest absolute Gasteiger partial charge is 0.493 e. The molecular formula is C13H16N4O2. The van der Waals surface area contributed by atoms with Gasteiger partial charge in [-0.05, 0) is 23.3 Å². The van der Waals surface area contributed by atoms with Crippen molar-refractivity contribution in [2.24, 2.45) is 7.05 Å². The molecule has 0 amide bonds. The summed E-state index contributed by atoms with van der Waals surface area (Å²) >= 11 is 0. The van der Waals surface area contributed by atoms with Gasteiger partial charge in [0, 0.05) is 12.3 Å². The smallest absolute Gasteiger partial charge is 0.177 e. The third kappa shape index (κ3) is 2.44. The van der Waals surface area contributed by atoms with Gasteiger partial charge >= 0.3 is 0 Å². The van der Waals surface area contributed by atoms with Crippen molar-refractivity contribution in [3.8, 4) is 5.75 Å². The molecule has 1 aromatic heterocycles. The molecular weight excluding hydrogens is 244 g/mol. The Kier molecular flexibility index (Phi) is 3.16. The molecule has 1 aliphatic rings. The Balaban J connectivity index is 1.79. The highest BCUT2D eigenvalue weighted by Crippen LogP contribution is 2.36. The van der Waals surface area contributed by atoms with E-state index in [2.05, 4.69) is 15.4 Å². The first-order valence-corrected chi connectivity index (χ1v) is 6.36. The molecule has 1 aliphatic heterocycles. The van der Waals surface area contributed by atoms with Crippen LogP contribution in [0.3, 0.4) is 0 Å². The third-order valence-corrected chi connectivity index (χ3v) is 3.41. The summed E-state index contributed by atoms with van der Waals surface area (Å²) in [6.45, 7) is 0.632. The lowest BCUT2D eigenvalue weighted by Gasteiger charge is -2.29. The van der Waals surface area contributed by atoms with Crippen molar-refractivity contribution in [3.63, 3.8) is 0 Å². The molecule has 6 nitrogen and oxygen atoms in total. The third-order valence-electron chi connectivity index (χ3n) is 3.41. The average molecular weight is 260 g/mol. The van der Waals surface area contributed by atoms with Crippen LogP contribution in [0.1, 0.15) is 23.7 Å². The average Bonchev–Trinajstić information content (AvgIpc) is 2.83. The number of tetrazole rings is 1. The predicted octanol–water partition coefficient (Wildman–Crippen LogP) is 0.680. The minimum atomic E-state index is -0.519. The maximum Gasteiger partial charge on any atom is 0.177 e. The van der Waals surface area contributed by atoms with Crippen LogP contribution in [0, 0.1) is 0 Å². The topological polar surface area (TPSA) is 73.1 Å². The molecule has 19 heavy (non-hydrogen) atoms. The Hall–Kier alpha value is -1.95. The Bertz CT molecular complexity index is 569. The van der Waals surface area contributed by atoms with Gasteiger partial charge in [0.2, 0.25) is 0 Å². The highest BCUT2D eigenvalue weighted by molar-refractivity contribution is 5.38. The standard InChI is InChI=1S/C13H16N4O2/c1-17-15-13(14-16-17)8-11(18)9-6-7-19-12-5-3-2-4-10(9)12/h2-5,9,11,18H,6-8H2,1H3. The van der Waals surface area contributed by atoms with Gasteiger partial charge < -0.3 is 9.84 Å². The number of aliphatic hydroxyl groups is 1. The molecule has 0 spiro atoms. The molecule has 1 aromatic carbocycles. The molecule has 100 valence electrons. The van der Waals surface area contributed by atoms with E-state index in [9.17, 15) is 5.11 Å². The van der Waals surface area contributed by atoms with Crippen LogP contribution in [-0.4, -0.2) is 38.0 Å². The molecule has 6 heteroatoms. The number of hydrogen-bond acceptors (Lipinski definition) is 5. The first kappa shape index (κ1) is 12.1. The number of ether oxygens (including phenoxy) is 1. The van der Waals surface area contributed by atoms with Crippen LogP contribution in [-0.2, 0) is 13.5 Å². The molecule has 0 fully saturated rings. The van der Waals surface area contributed by atoms with Gasteiger partial charge in [0.15, 0.2) is 5.82 Å². The van der Waals surface area contributed by atoms with Gasteiger partial charge in [-0.15, -0.1) is 10.2 Å². The van der Waals surface area contributed by atoms with E-state index in [1.54, 1.807) is 7.05 Å². The summed E-state index contributed by atoms with van der Waals surface area (Å²) in [5, 5.41) is 22.2. The van der Waals surface area contributed by atoms with Gasteiger partial charge in [-0.25, -0.2) is 0 Å². The highest BCUT2D eigenvalue weighted by Gasteiger charge is 2.28. The number of fused-ring (bicyclic) bond motifs is 1. The fourth-order valence-electron chi connectivity index (χ4n) is 2.50. The zero-order valence-electron chi connectivity index (χ0n) is 10.7. The minimum Gasteiger partial charge on any atom is -0.493 e. The highest BCUT2D eigenvalue weighted by atomic mass is 16.5. The monoisotopic (exact) mass is 260 g/mol. The van der Waals surface area contributed by atoms with Crippen molar-refractivity contribution in [3.05, 3.63) is 35.7 Å². The van der Waals surface area contributed by atoms with E-state index in [1.165, 1.54) is 4.80 Å². The first-order valence-electron chi connectivity index (χ1n) is 6.36. The molecule has 2 unspecified atom stereocenters. The first-order chi connectivity index (χ1) is 9.24. The number of para-hydroxylation sites is 1. The Labute approximate surface area is 111 Å². The van der Waals surface area contributed by atoms with Crippen molar-refractivity contribution in [1.82, 2.24) is 20.2 Å². The van der Waals surface area contributed by atoms with Gasteiger partial charge in [-0.2, -0.15) is 4.80 Å². The summed E-state index contributed by atoms with van der Waals surface area (Å²) < 4.78 is 5.60. The lowest BCUT2D eigenvalue weighted by Crippen LogP contribution is -2.27. The molecule has 1 N–H and O–H groups in total. The fraction of sp³-hybridized carbons (Fsp3) is 0.462. The van der Waals surface area contributed by atoms with Crippen molar-refractivity contribution in [2.75, 3.05) is 6.61 Å². The summed E-state index contributed by atoms with van der Waals surface area (Å²) in [6, 6.07) is 7.85. The number of aliphatic hydroxyl groups excluding tert-OH is 1. The van der Waals surface area contributed by atoms with Crippen LogP contribution in [0.15, 0.2) is 24.3 Å². The normalized spacial score (nSPS) is 19.6. The molecule has 2 atom stereocenters. The fourth-order valence-corrected chi connectivity index (χ4v) is 2.50. The lowest BCUT2D eigenvalue weighted by molar-refractivity contribution is 0.115. The Morgan fingerprint density at radius 3 is 3.11 bits per heavy atom. The van der Waals surface area contributed by atoms with E-state index in [-0.39, 0.29) is 5.92 Å². The number of aryl methyl sites for hydroxylation is 1. The van der Waals surface area contributed by atoms with Gasteiger partial charge in [0.25, 0.3) is 0 Å². The predicted molar refractivity (Wildman–Crippen MR) is 67.8 cm³/mol. The quantitative estimate of drug-likeness (QED) is 0.878. The van der Waals surface area contributed by atoms with Crippen LogP contribution in [0.2, 0.25) is 0 Å². The molecule has 0 bridgehead atoms. The molecule has 2 heterocycles. The van der Waals surface area contributed by atoms with Crippen molar-refractivity contribution < 1.29 is 9.84 Å². The maximum absolute atomic E-state index is 10.4. The van der Waals surface area contributed by atoms with Gasteiger partial charge in [0.1, 0.15) is 5.75 Å². The van der Waals surface area contributed by atoms with E-state index < -0.39 is 6.10 Å². The summed E-state index contributed by atoms with van der Waals surface area (Å²) in [7, 11) is 1.71. The van der Waals surface area contributed by atoms with Gasteiger partial charge in [-0.1, -0.05) is 18.2 Å². The van der Waals surface area contributed by atoms with Crippen molar-refractivity contribution >= 4 is 0 Å².